The highest BCUT2D eigenvalue weighted by Gasteiger charge is 2.37. The number of aromatic nitrogens is 2. The van der Waals surface area contributed by atoms with Gasteiger partial charge in [-0.05, 0) is 80.6 Å². The summed E-state index contributed by atoms with van der Waals surface area (Å²) in [4.78, 5) is 73.9. The minimum absolute atomic E-state index is 0.0559. The van der Waals surface area contributed by atoms with E-state index in [1.54, 1.807) is 71.0 Å². The van der Waals surface area contributed by atoms with Gasteiger partial charge < -0.3 is 42.5 Å². The first-order chi connectivity index (χ1) is 25.7. The number of carbonyl (C=O) groups excluding carboxylic acids is 4. The normalized spacial score (nSPS) is 12.6. The lowest BCUT2D eigenvalue weighted by Gasteiger charge is -2.34. The number of fused-ring (bicyclic) bond motifs is 1. The van der Waals surface area contributed by atoms with Gasteiger partial charge in [-0.3, -0.25) is 24.3 Å². The van der Waals surface area contributed by atoms with E-state index in [1.165, 1.54) is 12.1 Å². The molecular weight excluding hydrogens is 715 g/mol. The Labute approximate surface area is 315 Å². The number of carboxylic acid groups (broad SMARTS) is 2. The minimum Gasteiger partial charge on any atom is -0.481 e. The van der Waals surface area contributed by atoms with Crippen molar-refractivity contribution in [3.63, 3.8) is 0 Å². The number of aryl methyl sites for hydroxylation is 1. The van der Waals surface area contributed by atoms with E-state index in [0.29, 0.717) is 16.6 Å². The first-order valence-corrected chi connectivity index (χ1v) is 17.3. The van der Waals surface area contributed by atoms with E-state index in [2.05, 4.69) is 36.8 Å². The van der Waals surface area contributed by atoms with Crippen molar-refractivity contribution in [2.45, 2.75) is 77.9 Å². The van der Waals surface area contributed by atoms with E-state index in [4.69, 9.17) is 10.8 Å². The lowest BCUT2D eigenvalue weighted by molar-refractivity contribution is -0.143. The Balaban J connectivity index is 1.39. The molecule has 1 heterocycles. The number of carboxylic acids is 2. The highest BCUT2D eigenvalue weighted by molar-refractivity contribution is 6.08. The second-order valence-electron chi connectivity index (χ2n) is 14.5. The molecule has 10 N–H and O–H groups in total. The number of hydrogen-bond acceptors (Lipinski definition) is 8. The molecule has 0 bridgehead atoms. The van der Waals surface area contributed by atoms with Crippen molar-refractivity contribution < 1.29 is 43.4 Å². The number of urea groups is 1. The van der Waals surface area contributed by atoms with E-state index < -0.39 is 77.4 Å². The summed E-state index contributed by atoms with van der Waals surface area (Å²) in [5.74, 6) is -4.90. The van der Waals surface area contributed by atoms with E-state index in [0.717, 1.165) is 16.7 Å². The van der Waals surface area contributed by atoms with Crippen molar-refractivity contribution in [2.24, 2.45) is 11.1 Å². The molecule has 55 heavy (non-hydrogen) atoms. The first-order valence-electron chi connectivity index (χ1n) is 17.3. The van der Waals surface area contributed by atoms with Gasteiger partial charge in [0.2, 0.25) is 17.7 Å². The summed E-state index contributed by atoms with van der Waals surface area (Å²) >= 11 is 0. The molecule has 0 fully saturated rings. The molecule has 4 aromatic rings. The maximum Gasteiger partial charge on any atom is 0.326 e. The smallest absolute Gasteiger partial charge is 0.326 e. The number of carbonyl (C=O) groups is 6. The van der Waals surface area contributed by atoms with Crippen molar-refractivity contribution in [1.82, 2.24) is 20.8 Å². The molecule has 0 radical (unpaired) electrons. The maximum atomic E-state index is 14.1. The van der Waals surface area contributed by atoms with Gasteiger partial charge in [-0.25, -0.2) is 14.0 Å². The summed E-state index contributed by atoms with van der Waals surface area (Å²) in [7, 11) is 0. The minimum atomic E-state index is -1.49. The molecule has 2 atom stereocenters. The fraction of sp³-hybridized carbons (Fsp3) is 0.342. The maximum absolute atomic E-state index is 14.1. The Bertz CT molecular complexity index is 2100. The fourth-order valence-electron chi connectivity index (χ4n) is 6.19. The van der Waals surface area contributed by atoms with Crippen molar-refractivity contribution >= 4 is 63.8 Å². The predicted molar refractivity (Wildman–Crippen MR) is 204 cm³/mol. The molecule has 4 rings (SSSR count). The molecule has 3 aromatic carbocycles. The Morgan fingerprint density at radius 2 is 1.62 bits per heavy atom. The monoisotopic (exact) mass is 760 g/mol. The SMILES string of the molecule is Cc1ccc(F)c(NC(=O)Nc2ccc(-c3cccc4[nH]nc(NC(=O)C(C)(C)CC(C)(C)NC(=O)C[C@H](N)C(=O)NC(CCC(=O)O)C(=O)O)c34)cc2)c1. The van der Waals surface area contributed by atoms with E-state index in [9.17, 15) is 38.3 Å². The Morgan fingerprint density at radius 1 is 0.927 bits per heavy atom. The van der Waals surface area contributed by atoms with Crippen LogP contribution in [0.4, 0.5) is 26.4 Å². The summed E-state index contributed by atoms with van der Waals surface area (Å²) in [5, 5.41) is 39.1. The Morgan fingerprint density at radius 3 is 2.27 bits per heavy atom. The number of H-pyrrole nitrogens is 1. The molecule has 5 amide bonds. The number of hydrogen-bond donors (Lipinski definition) is 9. The number of halogens is 1. The number of anilines is 3. The van der Waals surface area contributed by atoms with E-state index >= 15 is 0 Å². The second-order valence-corrected chi connectivity index (χ2v) is 14.5. The number of amides is 5. The Kier molecular flexibility index (Phi) is 12.9. The highest BCUT2D eigenvalue weighted by atomic mass is 19.1. The van der Waals surface area contributed by atoms with E-state index in [-0.39, 0.29) is 24.3 Å². The quantitative estimate of drug-likeness (QED) is 0.0759. The van der Waals surface area contributed by atoms with Crippen molar-refractivity contribution in [1.29, 1.82) is 0 Å². The van der Waals surface area contributed by atoms with Gasteiger partial charge in [0, 0.05) is 23.1 Å². The van der Waals surface area contributed by atoms with Crippen LogP contribution in [0.1, 0.15) is 58.9 Å². The van der Waals surface area contributed by atoms with E-state index in [1.807, 2.05) is 12.1 Å². The zero-order chi connectivity index (χ0) is 40.7. The van der Waals surface area contributed by atoms with Gasteiger partial charge in [0.1, 0.15) is 11.9 Å². The molecule has 16 nitrogen and oxygen atoms in total. The topological polar surface area (TPSA) is 258 Å². The largest absolute Gasteiger partial charge is 0.481 e. The van der Waals surface area contributed by atoms with Crippen molar-refractivity contribution in [3.05, 3.63) is 72.0 Å². The fourth-order valence-corrected chi connectivity index (χ4v) is 6.19. The number of aliphatic carboxylic acids is 2. The van der Waals surface area contributed by atoms with Crippen LogP contribution in [0.25, 0.3) is 22.0 Å². The first kappa shape index (κ1) is 41.4. The van der Waals surface area contributed by atoms with Gasteiger partial charge in [0.05, 0.1) is 29.1 Å². The number of rotatable bonds is 16. The predicted octanol–water partition coefficient (Wildman–Crippen LogP) is 4.72. The van der Waals surface area contributed by atoms with Gasteiger partial charge in [-0.1, -0.05) is 44.2 Å². The third kappa shape index (κ3) is 11.3. The number of nitrogens with zero attached hydrogens (tertiary/aromatic N) is 1. The summed E-state index contributed by atoms with van der Waals surface area (Å²) in [5.41, 5.74) is 7.28. The van der Waals surface area contributed by atoms with Crippen molar-refractivity contribution in [3.8, 4) is 11.1 Å². The number of nitrogens with one attached hydrogen (secondary N) is 6. The lowest BCUT2D eigenvalue weighted by atomic mass is 9.79. The molecule has 0 aliphatic rings. The van der Waals surface area contributed by atoms with Crippen LogP contribution in [0.15, 0.2) is 60.7 Å². The third-order valence-electron chi connectivity index (χ3n) is 8.63. The average Bonchev–Trinajstić information content (AvgIpc) is 3.50. The van der Waals surface area contributed by atoms with Gasteiger partial charge in [-0.2, -0.15) is 5.10 Å². The van der Waals surface area contributed by atoms with Gasteiger partial charge >= 0.3 is 18.0 Å². The van der Waals surface area contributed by atoms with Crippen LogP contribution in [0, 0.1) is 18.2 Å². The molecule has 0 aliphatic heterocycles. The summed E-state index contributed by atoms with van der Waals surface area (Å²) < 4.78 is 14.1. The van der Waals surface area contributed by atoms with Crippen molar-refractivity contribution in [2.75, 3.05) is 16.0 Å². The molecule has 292 valence electrons. The number of nitrogens with two attached hydrogens (primary N) is 1. The third-order valence-corrected chi connectivity index (χ3v) is 8.63. The van der Waals surface area contributed by atoms with Gasteiger partial charge in [0.25, 0.3) is 0 Å². The van der Waals surface area contributed by atoms with Crippen LogP contribution in [-0.2, 0) is 24.0 Å². The average molecular weight is 761 g/mol. The molecule has 0 saturated heterocycles. The molecule has 17 heteroatoms. The molecular formula is C38H45FN8O8. The van der Waals surface area contributed by atoms with Crippen LogP contribution >= 0.6 is 0 Å². The van der Waals surface area contributed by atoms with Gasteiger partial charge in [-0.15, -0.1) is 0 Å². The highest BCUT2D eigenvalue weighted by Crippen LogP contribution is 2.35. The molecule has 1 aromatic heterocycles. The zero-order valence-corrected chi connectivity index (χ0v) is 31.0. The van der Waals surface area contributed by atoms with Gasteiger partial charge in [0.15, 0.2) is 5.82 Å². The lowest BCUT2D eigenvalue weighted by Crippen LogP contribution is -2.52. The van der Waals surface area contributed by atoms with Crippen LogP contribution in [0.2, 0.25) is 0 Å². The number of aromatic amines is 1. The van der Waals surface area contributed by atoms with Crippen LogP contribution in [-0.4, -0.2) is 73.7 Å². The Hall–Kier alpha value is -6.36. The summed E-state index contributed by atoms with van der Waals surface area (Å²) in [6.07, 6.45) is -1.20. The summed E-state index contributed by atoms with van der Waals surface area (Å²) in [6, 6.07) is 13.3. The van der Waals surface area contributed by atoms with Crippen LogP contribution in [0.3, 0.4) is 0 Å². The molecule has 0 saturated carbocycles. The number of benzene rings is 3. The standard InChI is InChI=1S/C38H45FN8O8/c1-20-9-14-24(39)28(17-20)43-36(55)41-22-12-10-21(11-13-22)23-7-6-8-26-31(23)32(47-46-26)44-35(54)37(2,3)19-38(4,5)45-29(48)18-25(40)33(51)42-27(34(52)53)15-16-30(49)50/h6-14,17,25,27H,15-16,18-19,40H2,1-5H3,(H,42,51)(H,45,48)(H,49,50)(H,52,53)(H2,41,43,55)(H2,44,46,47,54)/t25-,27?/m0/s1. The molecule has 0 aliphatic carbocycles. The zero-order valence-electron chi connectivity index (χ0n) is 31.0. The van der Waals surface area contributed by atoms with Crippen LogP contribution in [0.5, 0.6) is 0 Å². The van der Waals surface area contributed by atoms with Crippen LogP contribution < -0.4 is 32.3 Å². The molecule has 0 spiro atoms. The summed E-state index contributed by atoms with van der Waals surface area (Å²) in [6.45, 7) is 8.58. The molecule has 1 unspecified atom stereocenters. The second kappa shape index (κ2) is 17.2.